The van der Waals surface area contributed by atoms with E-state index in [0.29, 0.717) is 5.56 Å². The number of halogens is 2. The fourth-order valence-electron chi connectivity index (χ4n) is 1.81. The zero-order valence-electron chi connectivity index (χ0n) is 11.8. The third-order valence-electron chi connectivity index (χ3n) is 3.03. The van der Waals surface area contributed by atoms with Gasteiger partial charge in [-0.2, -0.15) is 0 Å². The normalized spacial score (nSPS) is 10.1. The average molecular weight is 320 g/mol. The van der Waals surface area contributed by atoms with Crippen molar-refractivity contribution < 1.29 is 13.6 Å². The minimum atomic E-state index is -0.788. The van der Waals surface area contributed by atoms with Crippen LogP contribution in [0, 0.1) is 11.6 Å². The molecule has 2 N–H and O–H groups in total. The van der Waals surface area contributed by atoms with Crippen LogP contribution >= 0.6 is 12.2 Å². The summed E-state index contributed by atoms with van der Waals surface area (Å²) in [5, 5.41) is 4.90. The van der Waals surface area contributed by atoms with Crippen LogP contribution in [0.4, 0.5) is 14.5 Å². The molecule has 2 aromatic rings. The minimum absolute atomic E-state index is 0.00645. The van der Waals surface area contributed by atoms with Crippen LogP contribution < -0.4 is 10.6 Å². The largest absolute Gasteiger partial charge is 0.330 e. The smallest absolute Gasteiger partial charge is 0.257 e. The number of hydrogen-bond acceptors (Lipinski definition) is 2. The lowest BCUT2D eigenvalue weighted by atomic mass is 10.1. The van der Waals surface area contributed by atoms with Gasteiger partial charge in [-0.1, -0.05) is 19.1 Å². The molecule has 2 rings (SSSR count). The molecule has 0 aliphatic rings. The van der Waals surface area contributed by atoms with Gasteiger partial charge in [0, 0.05) is 11.6 Å². The molecule has 3 nitrogen and oxygen atoms in total. The number of thiocarbonyl (C=S) groups is 1. The zero-order valence-corrected chi connectivity index (χ0v) is 12.6. The quantitative estimate of drug-likeness (QED) is 0.848. The number of amides is 1. The van der Waals surface area contributed by atoms with E-state index in [1.165, 1.54) is 6.07 Å². The third kappa shape index (κ3) is 4.08. The molecule has 0 bridgehead atoms. The van der Waals surface area contributed by atoms with Crippen LogP contribution in [0.3, 0.4) is 0 Å². The van der Waals surface area contributed by atoms with Crippen molar-refractivity contribution in [3.63, 3.8) is 0 Å². The number of aryl methyl sites for hydroxylation is 1. The van der Waals surface area contributed by atoms with Crippen LogP contribution in [-0.4, -0.2) is 11.0 Å². The standard InChI is InChI=1S/C16H14F2N2OS/c1-2-10-3-5-11(6-4-10)15(21)20-16(22)19-14-8-7-12(17)9-13(14)18/h3-9H,2H2,1H3,(H2,19,20,21,22). The molecule has 0 spiro atoms. The van der Waals surface area contributed by atoms with Gasteiger partial charge < -0.3 is 5.32 Å². The minimum Gasteiger partial charge on any atom is -0.330 e. The first-order valence-electron chi connectivity index (χ1n) is 6.66. The molecular formula is C16H14F2N2OS. The Morgan fingerprint density at radius 1 is 1.14 bits per heavy atom. The summed E-state index contributed by atoms with van der Waals surface area (Å²) in [6.07, 6.45) is 0.881. The second-order valence-corrected chi connectivity index (χ2v) is 4.99. The summed E-state index contributed by atoms with van der Waals surface area (Å²) < 4.78 is 26.3. The summed E-state index contributed by atoms with van der Waals surface area (Å²) in [7, 11) is 0. The molecule has 0 unspecified atom stereocenters. The summed E-state index contributed by atoms with van der Waals surface area (Å²) >= 11 is 4.95. The van der Waals surface area contributed by atoms with Crippen molar-refractivity contribution in [1.82, 2.24) is 5.32 Å². The molecule has 0 radical (unpaired) electrons. The van der Waals surface area contributed by atoms with Crippen LogP contribution in [0.5, 0.6) is 0 Å². The number of anilines is 1. The maximum atomic E-state index is 13.5. The number of nitrogens with one attached hydrogen (secondary N) is 2. The molecule has 0 atom stereocenters. The Morgan fingerprint density at radius 2 is 1.82 bits per heavy atom. The molecule has 0 heterocycles. The van der Waals surface area contributed by atoms with E-state index in [1.807, 2.05) is 19.1 Å². The summed E-state index contributed by atoms with van der Waals surface area (Å²) in [4.78, 5) is 12.0. The maximum absolute atomic E-state index is 13.5. The molecule has 22 heavy (non-hydrogen) atoms. The van der Waals surface area contributed by atoms with Crippen LogP contribution in [0.2, 0.25) is 0 Å². The number of hydrogen-bond donors (Lipinski definition) is 2. The highest BCUT2D eigenvalue weighted by Crippen LogP contribution is 2.14. The highest BCUT2D eigenvalue weighted by atomic mass is 32.1. The molecule has 0 saturated carbocycles. The lowest BCUT2D eigenvalue weighted by molar-refractivity contribution is 0.0977. The van der Waals surface area contributed by atoms with Gasteiger partial charge in [0.15, 0.2) is 5.11 Å². The zero-order chi connectivity index (χ0) is 16.1. The van der Waals surface area contributed by atoms with Crippen molar-refractivity contribution in [3.05, 3.63) is 65.2 Å². The Kier molecular flexibility index (Phi) is 5.16. The van der Waals surface area contributed by atoms with Crippen molar-refractivity contribution in [1.29, 1.82) is 0 Å². The van der Waals surface area contributed by atoms with Crippen molar-refractivity contribution in [2.75, 3.05) is 5.32 Å². The molecule has 6 heteroatoms. The van der Waals surface area contributed by atoms with Crippen molar-refractivity contribution >= 4 is 28.9 Å². The first kappa shape index (κ1) is 16.0. The van der Waals surface area contributed by atoms with Gasteiger partial charge in [0.1, 0.15) is 11.6 Å². The van der Waals surface area contributed by atoms with Gasteiger partial charge in [0.2, 0.25) is 0 Å². The number of carbonyl (C=O) groups is 1. The van der Waals surface area contributed by atoms with Crippen molar-refractivity contribution in [2.45, 2.75) is 13.3 Å². The Balaban J connectivity index is 2.00. The molecule has 0 aliphatic heterocycles. The summed E-state index contributed by atoms with van der Waals surface area (Å²) in [5.74, 6) is -1.87. The molecule has 0 fully saturated rings. The topological polar surface area (TPSA) is 41.1 Å². The van der Waals surface area contributed by atoms with E-state index in [4.69, 9.17) is 12.2 Å². The first-order valence-corrected chi connectivity index (χ1v) is 7.06. The van der Waals surface area contributed by atoms with Crippen molar-refractivity contribution in [2.24, 2.45) is 0 Å². The highest BCUT2D eigenvalue weighted by Gasteiger charge is 2.10. The van der Waals surface area contributed by atoms with E-state index in [2.05, 4.69) is 10.6 Å². The maximum Gasteiger partial charge on any atom is 0.257 e. The van der Waals surface area contributed by atoms with E-state index >= 15 is 0 Å². The van der Waals surface area contributed by atoms with Gasteiger partial charge in [-0.3, -0.25) is 10.1 Å². The molecular weight excluding hydrogens is 306 g/mol. The van der Waals surface area contributed by atoms with Crippen LogP contribution in [-0.2, 0) is 6.42 Å². The van der Waals surface area contributed by atoms with E-state index in [-0.39, 0.29) is 10.8 Å². The summed E-state index contributed by atoms with van der Waals surface area (Å²) in [5.41, 5.74) is 1.56. The van der Waals surface area contributed by atoms with Crippen LogP contribution in [0.15, 0.2) is 42.5 Å². The summed E-state index contributed by atoms with van der Waals surface area (Å²) in [6.45, 7) is 2.02. The van der Waals surface area contributed by atoms with Crippen LogP contribution in [0.25, 0.3) is 0 Å². The van der Waals surface area contributed by atoms with Gasteiger partial charge in [0.05, 0.1) is 5.69 Å². The lowest BCUT2D eigenvalue weighted by Gasteiger charge is -2.10. The molecule has 114 valence electrons. The predicted octanol–water partition coefficient (Wildman–Crippen LogP) is 3.65. The van der Waals surface area contributed by atoms with E-state index in [1.54, 1.807) is 12.1 Å². The Bertz CT molecular complexity index is 702. The van der Waals surface area contributed by atoms with E-state index in [9.17, 15) is 13.6 Å². The Hall–Kier alpha value is -2.34. The Morgan fingerprint density at radius 3 is 2.41 bits per heavy atom. The molecule has 0 aliphatic carbocycles. The molecule has 0 saturated heterocycles. The molecule has 1 amide bonds. The average Bonchev–Trinajstić information content (AvgIpc) is 2.50. The monoisotopic (exact) mass is 320 g/mol. The van der Waals surface area contributed by atoms with Crippen LogP contribution in [0.1, 0.15) is 22.8 Å². The second-order valence-electron chi connectivity index (χ2n) is 4.58. The molecule has 2 aromatic carbocycles. The number of carbonyl (C=O) groups excluding carboxylic acids is 1. The SMILES string of the molecule is CCc1ccc(C(=O)NC(=S)Nc2ccc(F)cc2F)cc1. The van der Waals surface area contributed by atoms with E-state index in [0.717, 1.165) is 24.1 Å². The summed E-state index contributed by atoms with van der Waals surface area (Å²) in [6, 6.07) is 10.1. The van der Waals surface area contributed by atoms with Gasteiger partial charge in [-0.05, 0) is 48.5 Å². The van der Waals surface area contributed by atoms with Gasteiger partial charge in [-0.25, -0.2) is 8.78 Å². The fourth-order valence-corrected chi connectivity index (χ4v) is 2.01. The second kappa shape index (κ2) is 7.09. The lowest BCUT2D eigenvalue weighted by Crippen LogP contribution is -2.34. The number of benzene rings is 2. The van der Waals surface area contributed by atoms with Crippen molar-refractivity contribution in [3.8, 4) is 0 Å². The first-order chi connectivity index (χ1) is 10.5. The predicted molar refractivity (Wildman–Crippen MR) is 85.9 cm³/mol. The number of rotatable bonds is 3. The van der Waals surface area contributed by atoms with E-state index < -0.39 is 17.5 Å². The Labute approximate surface area is 132 Å². The third-order valence-corrected chi connectivity index (χ3v) is 3.23. The molecule has 0 aromatic heterocycles. The van der Waals surface area contributed by atoms with Gasteiger partial charge in [-0.15, -0.1) is 0 Å². The highest BCUT2D eigenvalue weighted by molar-refractivity contribution is 7.80. The van der Waals surface area contributed by atoms with Gasteiger partial charge >= 0.3 is 0 Å². The fraction of sp³-hybridized carbons (Fsp3) is 0.125. The van der Waals surface area contributed by atoms with Gasteiger partial charge in [0.25, 0.3) is 5.91 Å².